The number of benzene rings is 1. The van der Waals surface area contributed by atoms with E-state index in [1.165, 1.54) is 0 Å². The number of nitrogens with one attached hydrogen (secondary N) is 1. The first kappa shape index (κ1) is 13.4. The van der Waals surface area contributed by atoms with Crippen molar-refractivity contribution in [3.63, 3.8) is 0 Å². The summed E-state index contributed by atoms with van der Waals surface area (Å²) in [5.74, 6) is 0.0801. The van der Waals surface area contributed by atoms with Crippen LogP contribution >= 0.6 is 27.5 Å². The summed E-state index contributed by atoms with van der Waals surface area (Å²) in [7, 11) is 0. The van der Waals surface area contributed by atoms with Gasteiger partial charge in [-0.2, -0.15) is 0 Å². The molecule has 1 aromatic carbocycles. The molecular weight excluding hydrogens is 328 g/mol. The Balaban J connectivity index is 1.72. The molecule has 1 aromatic rings. The number of amides is 1. The second kappa shape index (κ2) is 5.08. The first-order valence-electron chi connectivity index (χ1n) is 6.55. The van der Waals surface area contributed by atoms with Crippen molar-refractivity contribution in [2.75, 3.05) is 26.2 Å². The fraction of sp³-hybridized carbons (Fsp3) is 0.500. The van der Waals surface area contributed by atoms with Crippen LogP contribution in [0.2, 0.25) is 5.02 Å². The van der Waals surface area contributed by atoms with Gasteiger partial charge in [0, 0.05) is 35.7 Å². The van der Waals surface area contributed by atoms with Gasteiger partial charge in [0.25, 0.3) is 5.91 Å². The quantitative estimate of drug-likeness (QED) is 0.850. The van der Waals surface area contributed by atoms with E-state index in [1.54, 1.807) is 12.1 Å². The van der Waals surface area contributed by atoms with Crippen molar-refractivity contribution in [1.29, 1.82) is 0 Å². The first-order valence-corrected chi connectivity index (χ1v) is 7.72. The summed E-state index contributed by atoms with van der Waals surface area (Å²) in [5.41, 5.74) is 1.12. The molecule has 2 heterocycles. The van der Waals surface area contributed by atoms with Crippen LogP contribution in [0.4, 0.5) is 0 Å². The SMILES string of the molecule is O=C(c1cc(Cl)ccc1Br)N1CCC2(CC1)CNC2. The molecular formula is C14H16BrClN2O. The van der Waals surface area contributed by atoms with Crippen molar-refractivity contribution in [2.45, 2.75) is 12.8 Å². The molecule has 1 N–H and O–H groups in total. The molecule has 3 rings (SSSR count). The number of carbonyl (C=O) groups is 1. The van der Waals surface area contributed by atoms with Crippen molar-refractivity contribution >= 4 is 33.4 Å². The summed E-state index contributed by atoms with van der Waals surface area (Å²) in [4.78, 5) is 14.5. The van der Waals surface area contributed by atoms with Crippen LogP contribution in [-0.4, -0.2) is 37.0 Å². The molecule has 19 heavy (non-hydrogen) atoms. The number of carbonyl (C=O) groups excluding carboxylic acids is 1. The van der Waals surface area contributed by atoms with E-state index >= 15 is 0 Å². The number of nitrogens with zero attached hydrogens (tertiary/aromatic N) is 1. The second-order valence-corrected chi connectivity index (χ2v) is 6.81. The molecule has 3 nitrogen and oxygen atoms in total. The molecule has 0 unspecified atom stereocenters. The predicted octanol–water partition coefficient (Wildman–Crippen LogP) is 2.93. The van der Waals surface area contributed by atoms with E-state index < -0.39 is 0 Å². The number of likely N-dealkylation sites (tertiary alicyclic amines) is 1. The first-order chi connectivity index (χ1) is 9.10. The summed E-state index contributed by atoms with van der Waals surface area (Å²) >= 11 is 9.41. The minimum atomic E-state index is 0.0801. The molecule has 5 heteroatoms. The largest absolute Gasteiger partial charge is 0.339 e. The predicted molar refractivity (Wildman–Crippen MR) is 79.6 cm³/mol. The van der Waals surface area contributed by atoms with Gasteiger partial charge in [-0.15, -0.1) is 0 Å². The van der Waals surface area contributed by atoms with Crippen LogP contribution in [0.5, 0.6) is 0 Å². The van der Waals surface area contributed by atoms with E-state index in [0.717, 1.165) is 43.5 Å². The van der Waals surface area contributed by atoms with Gasteiger partial charge in [-0.1, -0.05) is 11.6 Å². The molecule has 2 aliphatic rings. The van der Waals surface area contributed by atoms with E-state index in [4.69, 9.17) is 11.6 Å². The Morgan fingerprint density at radius 2 is 2.00 bits per heavy atom. The van der Waals surface area contributed by atoms with Gasteiger partial charge in [-0.25, -0.2) is 0 Å². The van der Waals surface area contributed by atoms with Crippen molar-refractivity contribution in [2.24, 2.45) is 5.41 Å². The highest BCUT2D eigenvalue weighted by atomic mass is 79.9. The van der Waals surface area contributed by atoms with Gasteiger partial charge in [-0.05, 0) is 52.4 Å². The number of rotatable bonds is 1. The smallest absolute Gasteiger partial charge is 0.255 e. The highest BCUT2D eigenvalue weighted by molar-refractivity contribution is 9.10. The van der Waals surface area contributed by atoms with E-state index in [9.17, 15) is 4.79 Å². The van der Waals surface area contributed by atoms with Crippen molar-refractivity contribution < 1.29 is 4.79 Å². The van der Waals surface area contributed by atoms with E-state index in [-0.39, 0.29) is 5.91 Å². The minimum absolute atomic E-state index is 0.0801. The molecule has 1 spiro atoms. The molecule has 2 fully saturated rings. The Morgan fingerprint density at radius 3 is 2.58 bits per heavy atom. The molecule has 0 bridgehead atoms. The summed E-state index contributed by atoms with van der Waals surface area (Å²) in [6.45, 7) is 3.91. The Morgan fingerprint density at radius 1 is 1.32 bits per heavy atom. The molecule has 0 atom stereocenters. The fourth-order valence-corrected chi connectivity index (χ4v) is 3.44. The maximum Gasteiger partial charge on any atom is 0.255 e. The highest BCUT2D eigenvalue weighted by Crippen LogP contribution is 2.35. The Kier molecular flexibility index (Phi) is 3.58. The monoisotopic (exact) mass is 342 g/mol. The van der Waals surface area contributed by atoms with Gasteiger partial charge in [0.15, 0.2) is 0 Å². The zero-order valence-electron chi connectivity index (χ0n) is 10.6. The second-order valence-electron chi connectivity index (χ2n) is 5.52. The maximum atomic E-state index is 12.5. The molecule has 0 aromatic heterocycles. The van der Waals surface area contributed by atoms with Crippen LogP contribution in [0.25, 0.3) is 0 Å². The lowest BCUT2D eigenvalue weighted by Gasteiger charge is -2.48. The highest BCUT2D eigenvalue weighted by Gasteiger charge is 2.40. The van der Waals surface area contributed by atoms with E-state index in [1.807, 2.05) is 11.0 Å². The lowest BCUT2D eigenvalue weighted by molar-refractivity contribution is 0.0414. The topological polar surface area (TPSA) is 32.3 Å². The van der Waals surface area contributed by atoms with Crippen LogP contribution in [-0.2, 0) is 0 Å². The zero-order valence-corrected chi connectivity index (χ0v) is 12.9. The number of piperidine rings is 1. The lowest BCUT2D eigenvalue weighted by Crippen LogP contribution is -2.58. The van der Waals surface area contributed by atoms with Crippen LogP contribution in [0.3, 0.4) is 0 Å². The average molecular weight is 344 g/mol. The molecule has 2 saturated heterocycles. The number of halogens is 2. The van der Waals surface area contributed by atoms with Crippen molar-refractivity contribution in [3.05, 3.63) is 33.3 Å². The third kappa shape index (κ3) is 2.54. The fourth-order valence-electron chi connectivity index (χ4n) is 2.85. The Labute approximate surface area is 126 Å². The molecule has 1 amide bonds. The van der Waals surface area contributed by atoms with E-state index in [2.05, 4.69) is 21.2 Å². The van der Waals surface area contributed by atoms with E-state index in [0.29, 0.717) is 16.0 Å². The normalized spacial score (nSPS) is 21.3. The molecule has 102 valence electrons. The van der Waals surface area contributed by atoms with Crippen LogP contribution < -0.4 is 5.32 Å². The standard InChI is InChI=1S/C14H16BrClN2O/c15-12-2-1-10(16)7-11(12)13(19)18-5-3-14(4-6-18)8-17-9-14/h1-2,7,17H,3-6,8-9H2. The van der Waals surface area contributed by atoms with Crippen molar-refractivity contribution in [1.82, 2.24) is 10.2 Å². The Bertz CT molecular complexity index is 506. The molecule has 0 saturated carbocycles. The van der Waals surface area contributed by atoms with Crippen LogP contribution in [0.15, 0.2) is 22.7 Å². The van der Waals surface area contributed by atoms with Gasteiger partial charge < -0.3 is 10.2 Å². The number of hydrogen-bond donors (Lipinski definition) is 1. The lowest BCUT2D eigenvalue weighted by atomic mass is 9.73. The van der Waals surface area contributed by atoms with Crippen LogP contribution in [0, 0.1) is 5.41 Å². The third-order valence-electron chi connectivity index (χ3n) is 4.27. The summed E-state index contributed by atoms with van der Waals surface area (Å²) < 4.78 is 0.812. The summed E-state index contributed by atoms with van der Waals surface area (Å²) in [6.07, 6.45) is 2.20. The summed E-state index contributed by atoms with van der Waals surface area (Å²) in [5, 5.41) is 3.94. The Hall–Kier alpha value is -0.580. The van der Waals surface area contributed by atoms with Gasteiger partial charge >= 0.3 is 0 Å². The van der Waals surface area contributed by atoms with Gasteiger partial charge in [-0.3, -0.25) is 4.79 Å². The minimum Gasteiger partial charge on any atom is -0.339 e. The van der Waals surface area contributed by atoms with Gasteiger partial charge in [0.2, 0.25) is 0 Å². The van der Waals surface area contributed by atoms with Gasteiger partial charge in [0.05, 0.1) is 5.56 Å². The van der Waals surface area contributed by atoms with Crippen molar-refractivity contribution in [3.8, 4) is 0 Å². The molecule has 2 aliphatic heterocycles. The molecule has 0 radical (unpaired) electrons. The summed E-state index contributed by atoms with van der Waals surface area (Å²) in [6, 6.07) is 5.35. The van der Waals surface area contributed by atoms with Gasteiger partial charge in [0.1, 0.15) is 0 Å². The average Bonchev–Trinajstić information content (AvgIpc) is 2.39. The third-order valence-corrected chi connectivity index (χ3v) is 5.20. The van der Waals surface area contributed by atoms with Crippen LogP contribution in [0.1, 0.15) is 23.2 Å². The number of hydrogen-bond acceptors (Lipinski definition) is 2. The zero-order chi connectivity index (χ0) is 13.5. The maximum absolute atomic E-state index is 12.5. The molecule has 0 aliphatic carbocycles.